The number of anilines is 1. The molecule has 1 aromatic carbocycles. The molecule has 3 atom stereocenters. The van der Waals surface area contributed by atoms with Crippen LogP contribution in [-0.2, 0) is 4.79 Å². The lowest BCUT2D eigenvalue weighted by Gasteiger charge is -2.39. The number of aliphatic hydroxyl groups excluding tert-OH is 1. The molecule has 7 nitrogen and oxygen atoms in total. The zero-order valence-electron chi connectivity index (χ0n) is 20.1. The number of hydrogen-bond acceptors (Lipinski definition) is 6. The number of aromatic nitrogens is 2. The molecule has 188 valence electrons. The van der Waals surface area contributed by atoms with Crippen LogP contribution in [0.5, 0.6) is 0 Å². The predicted octanol–water partition coefficient (Wildman–Crippen LogP) is 3.54. The van der Waals surface area contributed by atoms with Crippen molar-refractivity contribution < 1.29 is 14.3 Å². The lowest BCUT2D eigenvalue weighted by atomic mass is 9.95. The second kappa shape index (κ2) is 10.4. The molecule has 35 heavy (non-hydrogen) atoms. The molecule has 0 bridgehead atoms. The van der Waals surface area contributed by atoms with E-state index >= 15 is 0 Å². The third-order valence-corrected chi connectivity index (χ3v) is 7.95. The van der Waals surface area contributed by atoms with Gasteiger partial charge in [-0.05, 0) is 42.9 Å². The number of carbonyl (C=O) groups excluding carboxylic acids is 1. The number of nitrogens with zero attached hydrogens (tertiary/aromatic N) is 5. The molecule has 0 spiro atoms. The number of benzene rings is 1. The number of hydrogen-bond donors (Lipinski definition) is 1. The van der Waals surface area contributed by atoms with Crippen molar-refractivity contribution in [1.82, 2.24) is 19.8 Å². The van der Waals surface area contributed by atoms with Gasteiger partial charge in [-0.25, -0.2) is 14.4 Å². The van der Waals surface area contributed by atoms with Gasteiger partial charge in [0.05, 0.1) is 17.7 Å². The van der Waals surface area contributed by atoms with Gasteiger partial charge in [-0.2, -0.15) is 0 Å². The van der Waals surface area contributed by atoms with Gasteiger partial charge in [-0.3, -0.25) is 4.79 Å². The molecule has 0 saturated carbocycles. The minimum Gasteiger partial charge on any atom is -0.387 e. The van der Waals surface area contributed by atoms with E-state index in [4.69, 9.17) is 11.6 Å². The highest BCUT2D eigenvalue weighted by Crippen LogP contribution is 2.42. The molecule has 3 heterocycles. The highest BCUT2D eigenvalue weighted by molar-refractivity contribution is 6.30. The van der Waals surface area contributed by atoms with E-state index in [0.717, 1.165) is 22.6 Å². The Morgan fingerprint density at radius 3 is 2.49 bits per heavy atom. The van der Waals surface area contributed by atoms with Crippen molar-refractivity contribution in [2.75, 3.05) is 50.7 Å². The summed E-state index contributed by atoms with van der Waals surface area (Å²) in [6.45, 7) is 6.60. The first kappa shape index (κ1) is 24.4. The smallest absolute Gasteiger partial charge is 0.231 e. The Hall–Kier alpha value is -2.29. The third-order valence-electron chi connectivity index (χ3n) is 7.70. The van der Waals surface area contributed by atoms with Crippen LogP contribution < -0.4 is 4.90 Å². The average Bonchev–Trinajstić information content (AvgIpc) is 3.17. The predicted molar refractivity (Wildman–Crippen MR) is 134 cm³/mol. The molecule has 2 aromatic rings. The van der Waals surface area contributed by atoms with Crippen LogP contribution in [-0.4, -0.2) is 82.8 Å². The Morgan fingerprint density at radius 1 is 1.11 bits per heavy atom. The van der Waals surface area contributed by atoms with Crippen molar-refractivity contribution in [2.24, 2.45) is 0 Å². The third kappa shape index (κ3) is 5.15. The fourth-order valence-corrected chi connectivity index (χ4v) is 5.80. The SMILES string of the molecule is C[C@@H]1C[C@@H](O)c2ncnc(N3CCN(C(=O)C(CN4CCC(F)CC4)c4ccc(Cl)cc4)CC3)c21. The standard InChI is InChI=1S/C26H33ClFN5O2/c1-17-14-22(34)24-23(17)25(30-16-29-24)32-10-12-33(13-11-32)26(35)21(18-2-4-19(27)5-3-18)15-31-8-6-20(28)7-9-31/h2-5,16-17,20-22,34H,6-15H2,1H3/t17-,21?,22-/m1/s1. The molecule has 1 aromatic heterocycles. The van der Waals surface area contributed by atoms with Gasteiger partial charge in [0.15, 0.2) is 0 Å². The summed E-state index contributed by atoms with van der Waals surface area (Å²) in [5, 5.41) is 11.0. The van der Waals surface area contributed by atoms with Gasteiger partial charge in [0.1, 0.15) is 18.3 Å². The molecule has 2 aliphatic heterocycles. The summed E-state index contributed by atoms with van der Waals surface area (Å²) < 4.78 is 13.7. The van der Waals surface area contributed by atoms with E-state index < -0.39 is 12.3 Å². The first-order valence-electron chi connectivity index (χ1n) is 12.6. The van der Waals surface area contributed by atoms with E-state index in [2.05, 4.69) is 26.7 Å². The normalized spacial score (nSPS) is 24.5. The van der Waals surface area contributed by atoms with Gasteiger partial charge in [-0.1, -0.05) is 30.7 Å². The van der Waals surface area contributed by atoms with Crippen LogP contribution in [0.25, 0.3) is 0 Å². The highest BCUT2D eigenvalue weighted by atomic mass is 35.5. The largest absolute Gasteiger partial charge is 0.387 e. The fraction of sp³-hybridized carbons (Fsp3) is 0.577. The van der Waals surface area contributed by atoms with Crippen molar-refractivity contribution in [3.8, 4) is 0 Å². The van der Waals surface area contributed by atoms with Crippen LogP contribution in [0.1, 0.15) is 60.9 Å². The number of carbonyl (C=O) groups is 1. The van der Waals surface area contributed by atoms with Gasteiger partial charge >= 0.3 is 0 Å². The molecule has 5 rings (SSSR count). The molecule has 3 aliphatic rings. The van der Waals surface area contributed by atoms with Crippen LogP contribution in [0, 0.1) is 0 Å². The van der Waals surface area contributed by atoms with E-state index in [9.17, 15) is 14.3 Å². The zero-order valence-corrected chi connectivity index (χ0v) is 20.9. The number of piperidine rings is 1. The Balaban J connectivity index is 1.29. The second-order valence-corrected chi connectivity index (χ2v) is 10.5. The molecular weight excluding hydrogens is 469 g/mol. The molecule has 2 saturated heterocycles. The van der Waals surface area contributed by atoms with Gasteiger partial charge in [0.2, 0.25) is 5.91 Å². The van der Waals surface area contributed by atoms with Crippen molar-refractivity contribution in [1.29, 1.82) is 0 Å². The Bertz CT molecular complexity index is 1040. The first-order chi connectivity index (χ1) is 16.9. The van der Waals surface area contributed by atoms with E-state index in [1.807, 2.05) is 29.2 Å². The maximum absolute atomic E-state index is 13.8. The summed E-state index contributed by atoms with van der Waals surface area (Å²) in [4.78, 5) is 29.0. The summed E-state index contributed by atoms with van der Waals surface area (Å²) >= 11 is 6.11. The molecule has 1 N–H and O–H groups in total. The van der Waals surface area contributed by atoms with E-state index in [1.165, 1.54) is 6.33 Å². The Labute approximate surface area is 210 Å². The quantitative estimate of drug-likeness (QED) is 0.675. The van der Waals surface area contributed by atoms with Crippen molar-refractivity contribution in [2.45, 2.75) is 50.3 Å². The Morgan fingerprint density at radius 2 is 1.80 bits per heavy atom. The summed E-state index contributed by atoms with van der Waals surface area (Å²) in [6, 6.07) is 7.52. The van der Waals surface area contributed by atoms with Gasteiger partial charge < -0.3 is 19.8 Å². The minimum atomic E-state index is -0.740. The van der Waals surface area contributed by atoms with Gasteiger partial charge in [0.25, 0.3) is 0 Å². The molecule has 1 aliphatic carbocycles. The van der Waals surface area contributed by atoms with Gasteiger partial charge in [0, 0.05) is 56.4 Å². The lowest BCUT2D eigenvalue weighted by Crippen LogP contribution is -2.52. The van der Waals surface area contributed by atoms with Crippen LogP contribution in [0.2, 0.25) is 5.02 Å². The maximum Gasteiger partial charge on any atom is 0.231 e. The van der Waals surface area contributed by atoms with E-state index in [1.54, 1.807) is 0 Å². The molecule has 1 unspecified atom stereocenters. The number of halogens is 2. The van der Waals surface area contributed by atoms with Crippen molar-refractivity contribution in [3.63, 3.8) is 0 Å². The summed E-state index contributed by atoms with van der Waals surface area (Å²) in [5.74, 6) is 0.882. The summed E-state index contributed by atoms with van der Waals surface area (Å²) in [5.41, 5.74) is 2.72. The van der Waals surface area contributed by atoms with E-state index in [0.29, 0.717) is 70.1 Å². The monoisotopic (exact) mass is 501 g/mol. The van der Waals surface area contributed by atoms with Crippen molar-refractivity contribution >= 4 is 23.3 Å². The number of likely N-dealkylation sites (tertiary alicyclic amines) is 1. The first-order valence-corrected chi connectivity index (χ1v) is 13.0. The number of amides is 1. The number of alkyl halides is 1. The number of fused-ring (bicyclic) bond motifs is 1. The lowest BCUT2D eigenvalue weighted by molar-refractivity contribution is -0.133. The second-order valence-electron chi connectivity index (χ2n) is 10.0. The van der Waals surface area contributed by atoms with Crippen molar-refractivity contribution in [3.05, 3.63) is 52.4 Å². The average molecular weight is 502 g/mol. The molecule has 1 amide bonds. The highest BCUT2D eigenvalue weighted by Gasteiger charge is 2.35. The fourth-order valence-electron chi connectivity index (χ4n) is 5.68. The molecule has 9 heteroatoms. The van der Waals surface area contributed by atoms with E-state index in [-0.39, 0.29) is 17.7 Å². The van der Waals surface area contributed by atoms with Crippen LogP contribution >= 0.6 is 11.6 Å². The maximum atomic E-state index is 13.8. The summed E-state index contributed by atoms with van der Waals surface area (Å²) in [7, 11) is 0. The van der Waals surface area contributed by atoms with Crippen LogP contribution in [0.15, 0.2) is 30.6 Å². The van der Waals surface area contributed by atoms with Crippen LogP contribution in [0.3, 0.4) is 0 Å². The molecule has 2 fully saturated rings. The topological polar surface area (TPSA) is 72.8 Å². The molecule has 0 radical (unpaired) electrons. The van der Waals surface area contributed by atoms with Crippen LogP contribution in [0.4, 0.5) is 10.2 Å². The summed E-state index contributed by atoms with van der Waals surface area (Å²) in [6.07, 6.45) is 1.97. The number of piperazine rings is 1. The zero-order chi connectivity index (χ0) is 24.5. The number of rotatable bonds is 5. The molecular formula is C26H33ClFN5O2. The number of aliphatic hydroxyl groups is 1. The Kier molecular flexibility index (Phi) is 7.23. The minimum absolute atomic E-state index is 0.103. The van der Waals surface area contributed by atoms with Gasteiger partial charge in [-0.15, -0.1) is 0 Å².